The molecule has 0 spiro atoms. The van der Waals surface area contributed by atoms with E-state index >= 15 is 0 Å². The zero-order valence-corrected chi connectivity index (χ0v) is 9.06. The summed E-state index contributed by atoms with van der Waals surface area (Å²) in [5, 5.41) is 0.544. The van der Waals surface area contributed by atoms with Crippen LogP contribution in [0.5, 0.6) is 5.75 Å². The summed E-state index contributed by atoms with van der Waals surface area (Å²) in [6, 6.07) is 9.02. The fourth-order valence-corrected chi connectivity index (χ4v) is 0.945. The lowest BCUT2D eigenvalue weighted by Gasteiger charge is -1.93. The van der Waals surface area contributed by atoms with E-state index in [1.165, 1.54) is 0 Å². The molecule has 2 heterocycles. The van der Waals surface area contributed by atoms with E-state index in [4.69, 9.17) is 16.3 Å². The zero-order chi connectivity index (χ0) is 10.9. The van der Waals surface area contributed by atoms with Crippen molar-refractivity contribution in [1.29, 1.82) is 0 Å². The van der Waals surface area contributed by atoms with Crippen LogP contribution in [0.1, 0.15) is 0 Å². The van der Waals surface area contributed by atoms with E-state index in [1.54, 1.807) is 43.9 Å². The minimum Gasteiger partial charge on any atom is -0.497 e. The van der Waals surface area contributed by atoms with Gasteiger partial charge in [-0.3, -0.25) is 4.98 Å². The van der Waals surface area contributed by atoms with Crippen molar-refractivity contribution in [2.75, 3.05) is 7.11 Å². The quantitative estimate of drug-likeness (QED) is 0.696. The van der Waals surface area contributed by atoms with Gasteiger partial charge >= 0.3 is 0 Å². The van der Waals surface area contributed by atoms with Gasteiger partial charge in [-0.15, -0.1) is 0 Å². The first-order valence-electron chi connectivity index (χ1n) is 4.33. The Labute approximate surface area is 93.7 Å². The van der Waals surface area contributed by atoms with Gasteiger partial charge in [0.25, 0.3) is 0 Å². The van der Waals surface area contributed by atoms with Gasteiger partial charge in [0.05, 0.1) is 7.11 Å². The minimum atomic E-state index is 0.544. The van der Waals surface area contributed by atoms with Crippen LogP contribution in [0.2, 0.25) is 5.15 Å². The average Bonchev–Trinajstić information content (AvgIpc) is 2.32. The molecule has 0 atom stereocenters. The van der Waals surface area contributed by atoms with Crippen molar-refractivity contribution in [3.63, 3.8) is 0 Å². The molecule has 0 aliphatic rings. The molecule has 0 N–H and O–H groups in total. The van der Waals surface area contributed by atoms with Crippen LogP contribution in [-0.4, -0.2) is 17.1 Å². The number of hydrogen-bond acceptors (Lipinski definition) is 3. The van der Waals surface area contributed by atoms with E-state index in [-0.39, 0.29) is 0 Å². The molecule has 0 bridgehead atoms. The van der Waals surface area contributed by atoms with Crippen LogP contribution in [0.25, 0.3) is 0 Å². The number of methoxy groups -OCH3 is 1. The molecule has 0 radical (unpaired) electrons. The van der Waals surface area contributed by atoms with E-state index < -0.39 is 0 Å². The van der Waals surface area contributed by atoms with Gasteiger partial charge in [-0.05, 0) is 24.3 Å². The molecule has 0 unspecified atom stereocenters. The third-order valence-electron chi connectivity index (χ3n) is 1.51. The number of rotatable bonds is 1. The van der Waals surface area contributed by atoms with E-state index in [0.29, 0.717) is 5.15 Å². The van der Waals surface area contributed by atoms with Crippen LogP contribution < -0.4 is 4.74 Å². The van der Waals surface area contributed by atoms with E-state index in [0.717, 1.165) is 5.75 Å². The zero-order valence-electron chi connectivity index (χ0n) is 8.30. The van der Waals surface area contributed by atoms with E-state index in [9.17, 15) is 0 Å². The van der Waals surface area contributed by atoms with Gasteiger partial charge in [0.15, 0.2) is 0 Å². The summed E-state index contributed by atoms with van der Waals surface area (Å²) in [4.78, 5) is 7.56. The molecule has 0 fully saturated rings. The Balaban J connectivity index is 0.000000151. The maximum atomic E-state index is 5.43. The lowest BCUT2D eigenvalue weighted by molar-refractivity contribution is 0.414. The van der Waals surface area contributed by atoms with Gasteiger partial charge in [0.2, 0.25) is 0 Å². The number of nitrogens with zero attached hydrogens (tertiary/aromatic N) is 2. The normalized spacial score (nSPS) is 8.67. The summed E-state index contributed by atoms with van der Waals surface area (Å²) < 4.78 is 4.87. The van der Waals surface area contributed by atoms with Crippen molar-refractivity contribution in [2.45, 2.75) is 0 Å². The maximum absolute atomic E-state index is 5.43. The maximum Gasteiger partial charge on any atom is 0.129 e. The van der Waals surface area contributed by atoms with Crippen LogP contribution in [0.3, 0.4) is 0 Å². The number of halogens is 1. The van der Waals surface area contributed by atoms with Gasteiger partial charge in [-0.1, -0.05) is 17.7 Å². The molecule has 4 heteroatoms. The van der Waals surface area contributed by atoms with Crippen LogP contribution in [0, 0.1) is 0 Å². The second-order valence-electron chi connectivity index (χ2n) is 2.54. The molecule has 0 amide bonds. The summed E-state index contributed by atoms with van der Waals surface area (Å²) >= 11 is 5.43. The number of pyridine rings is 2. The topological polar surface area (TPSA) is 35.0 Å². The van der Waals surface area contributed by atoms with Crippen LogP contribution in [0.15, 0.2) is 48.9 Å². The predicted octanol–water partition coefficient (Wildman–Crippen LogP) is 2.83. The van der Waals surface area contributed by atoms with Gasteiger partial charge < -0.3 is 4.74 Å². The standard InChI is InChI=1S/C6H7NO.C5H4ClN/c1-8-6-2-4-7-5-3-6;6-5-3-1-2-4-7-5/h2-5H,1H3;1-4H. The van der Waals surface area contributed by atoms with Crippen molar-refractivity contribution in [2.24, 2.45) is 0 Å². The summed E-state index contributed by atoms with van der Waals surface area (Å²) in [6.45, 7) is 0. The Bertz CT molecular complexity index is 367. The molecule has 78 valence electrons. The van der Waals surface area contributed by atoms with Crippen molar-refractivity contribution in [3.05, 3.63) is 54.1 Å². The molecule has 0 aliphatic heterocycles. The average molecular weight is 223 g/mol. The molecule has 0 aromatic carbocycles. The van der Waals surface area contributed by atoms with Crippen molar-refractivity contribution >= 4 is 11.6 Å². The molecule has 0 aliphatic carbocycles. The molecule has 3 nitrogen and oxygen atoms in total. The number of aromatic nitrogens is 2. The van der Waals surface area contributed by atoms with Gasteiger partial charge in [0, 0.05) is 18.6 Å². The Morgan fingerprint density at radius 3 is 2.13 bits per heavy atom. The highest BCUT2D eigenvalue weighted by Crippen LogP contribution is 2.03. The number of ether oxygens (including phenoxy) is 1. The second kappa shape index (κ2) is 6.79. The third kappa shape index (κ3) is 4.98. The van der Waals surface area contributed by atoms with Crippen LogP contribution >= 0.6 is 11.6 Å². The lowest BCUT2D eigenvalue weighted by atomic mass is 10.5. The lowest BCUT2D eigenvalue weighted by Crippen LogP contribution is -1.80. The smallest absolute Gasteiger partial charge is 0.129 e. The SMILES string of the molecule is COc1ccncc1.Clc1ccccn1. The minimum absolute atomic E-state index is 0.544. The summed E-state index contributed by atoms with van der Waals surface area (Å²) in [7, 11) is 1.63. The molecule has 0 saturated heterocycles. The Hall–Kier alpha value is -1.61. The molecular weight excluding hydrogens is 212 g/mol. The van der Waals surface area contributed by atoms with Crippen molar-refractivity contribution in [1.82, 2.24) is 9.97 Å². The van der Waals surface area contributed by atoms with E-state index in [2.05, 4.69) is 9.97 Å². The number of hydrogen-bond donors (Lipinski definition) is 0. The van der Waals surface area contributed by atoms with Crippen LogP contribution in [-0.2, 0) is 0 Å². The van der Waals surface area contributed by atoms with E-state index in [1.807, 2.05) is 12.1 Å². The Kier molecular flexibility index (Phi) is 5.19. The molecule has 15 heavy (non-hydrogen) atoms. The highest BCUT2D eigenvalue weighted by atomic mass is 35.5. The summed E-state index contributed by atoms with van der Waals surface area (Å²) in [5.74, 6) is 0.847. The first kappa shape index (κ1) is 11.5. The van der Waals surface area contributed by atoms with Crippen molar-refractivity contribution < 1.29 is 4.74 Å². The second-order valence-corrected chi connectivity index (χ2v) is 2.93. The molecule has 2 aromatic heterocycles. The molecular formula is C11H11ClN2O. The molecule has 2 aromatic rings. The van der Waals surface area contributed by atoms with Gasteiger partial charge in [-0.25, -0.2) is 4.98 Å². The Morgan fingerprint density at radius 1 is 1.07 bits per heavy atom. The van der Waals surface area contributed by atoms with Crippen molar-refractivity contribution in [3.8, 4) is 5.75 Å². The molecule has 2 rings (SSSR count). The fraction of sp³-hybridized carbons (Fsp3) is 0.0909. The fourth-order valence-electron chi connectivity index (χ4n) is 0.816. The highest BCUT2D eigenvalue weighted by molar-refractivity contribution is 6.29. The highest BCUT2D eigenvalue weighted by Gasteiger charge is 1.81. The Morgan fingerprint density at radius 2 is 1.80 bits per heavy atom. The summed E-state index contributed by atoms with van der Waals surface area (Å²) in [6.07, 6.45) is 5.04. The van der Waals surface area contributed by atoms with Crippen LogP contribution in [0.4, 0.5) is 0 Å². The first-order chi connectivity index (χ1) is 7.33. The van der Waals surface area contributed by atoms with Gasteiger partial charge in [0.1, 0.15) is 10.9 Å². The largest absolute Gasteiger partial charge is 0.497 e. The monoisotopic (exact) mass is 222 g/mol. The molecule has 0 saturated carbocycles. The summed E-state index contributed by atoms with van der Waals surface area (Å²) in [5.41, 5.74) is 0. The van der Waals surface area contributed by atoms with Gasteiger partial charge in [-0.2, -0.15) is 0 Å². The first-order valence-corrected chi connectivity index (χ1v) is 4.71. The third-order valence-corrected chi connectivity index (χ3v) is 1.74. The predicted molar refractivity (Wildman–Crippen MR) is 60.0 cm³/mol.